The summed E-state index contributed by atoms with van der Waals surface area (Å²) in [5, 5.41) is 0. The van der Waals surface area contributed by atoms with Crippen molar-refractivity contribution in [3.63, 3.8) is 0 Å². The predicted molar refractivity (Wildman–Crippen MR) is 89.5 cm³/mol. The van der Waals surface area contributed by atoms with Gasteiger partial charge < -0.3 is 10.6 Å². The third-order valence-corrected chi connectivity index (χ3v) is 6.97. The summed E-state index contributed by atoms with van der Waals surface area (Å²) in [7, 11) is 0. The average molecular weight is 307 g/mol. The van der Waals surface area contributed by atoms with Gasteiger partial charge in [-0.05, 0) is 43.9 Å². The van der Waals surface area contributed by atoms with Crippen molar-refractivity contribution in [3.8, 4) is 0 Å². The van der Waals surface area contributed by atoms with Crippen LogP contribution in [0.25, 0.3) is 0 Å². The Morgan fingerprint density at radius 1 is 1.09 bits per heavy atom. The van der Waals surface area contributed by atoms with Crippen molar-refractivity contribution < 1.29 is 4.79 Å². The molecule has 1 heterocycles. The van der Waals surface area contributed by atoms with Gasteiger partial charge in [0.2, 0.25) is 5.91 Å². The maximum absolute atomic E-state index is 12.9. The minimum Gasteiger partial charge on any atom is -0.340 e. The first kappa shape index (κ1) is 16.3. The van der Waals surface area contributed by atoms with Crippen LogP contribution < -0.4 is 5.73 Å². The SMILES string of the molecule is CCC(CC)(CN)C(=O)N1CCN(C2CC3CCC2C3)CC1. The van der Waals surface area contributed by atoms with E-state index in [1.54, 1.807) is 0 Å². The van der Waals surface area contributed by atoms with E-state index in [-0.39, 0.29) is 5.41 Å². The highest BCUT2D eigenvalue weighted by molar-refractivity contribution is 5.83. The topological polar surface area (TPSA) is 49.6 Å². The molecule has 3 rings (SSSR count). The minimum atomic E-state index is -0.325. The van der Waals surface area contributed by atoms with Gasteiger partial charge in [-0.3, -0.25) is 9.69 Å². The normalized spacial score (nSPS) is 32.7. The van der Waals surface area contributed by atoms with Crippen molar-refractivity contribution in [2.75, 3.05) is 32.7 Å². The fourth-order valence-electron chi connectivity index (χ4n) is 5.18. The second-order valence-electron chi connectivity index (χ2n) is 7.76. The molecule has 4 heteroatoms. The van der Waals surface area contributed by atoms with Crippen molar-refractivity contribution in [3.05, 3.63) is 0 Å². The van der Waals surface area contributed by atoms with Crippen LogP contribution in [0.15, 0.2) is 0 Å². The molecule has 2 aliphatic carbocycles. The van der Waals surface area contributed by atoms with Gasteiger partial charge in [0.15, 0.2) is 0 Å². The van der Waals surface area contributed by atoms with Gasteiger partial charge in [0.1, 0.15) is 0 Å². The number of piperazine rings is 1. The second kappa shape index (κ2) is 6.48. The summed E-state index contributed by atoms with van der Waals surface area (Å²) in [6.45, 7) is 8.59. The van der Waals surface area contributed by atoms with Gasteiger partial charge in [0, 0.05) is 38.8 Å². The lowest BCUT2D eigenvalue weighted by Gasteiger charge is -2.43. The molecule has 2 bridgehead atoms. The van der Waals surface area contributed by atoms with Gasteiger partial charge >= 0.3 is 0 Å². The molecular weight excluding hydrogens is 274 g/mol. The summed E-state index contributed by atoms with van der Waals surface area (Å²) in [4.78, 5) is 17.7. The molecule has 3 fully saturated rings. The first-order valence-electron chi connectivity index (χ1n) is 9.37. The number of nitrogens with zero attached hydrogens (tertiary/aromatic N) is 2. The highest BCUT2D eigenvalue weighted by atomic mass is 16.2. The molecule has 4 nitrogen and oxygen atoms in total. The molecule has 1 saturated heterocycles. The summed E-state index contributed by atoms with van der Waals surface area (Å²) in [6, 6.07) is 0.813. The van der Waals surface area contributed by atoms with E-state index in [2.05, 4.69) is 23.6 Å². The lowest BCUT2D eigenvalue weighted by molar-refractivity contribution is -0.144. The van der Waals surface area contributed by atoms with Gasteiger partial charge in [-0.2, -0.15) is 0 Å². The van der Waals surface area contributed by atoms with Crippen LogP contribution in [0.2, 0.25) is 0 Å². The molecular formula is C18H33N3O. The maximum atomic E-state index is 12.9. The Kier molecular flexibility index (Phi) is 4.79. The summed E-state index contributed by atoms with van der Waals surface area (Å²) in [6.07, 6.45) is 7.49. The van der Waals surface area contributed by atoms with Crippen LogP contribution in [0.3, 0.4) is 0 Å². The van der Waals surface area contributed by atoms with Crippen LogP contribution in [0.4, 0.5) is 0 Å². The third-order valence-electron chi connectivity index (χ3n) is 6.97. The van der Waals surface area contributed by atoms with Gasteiger partial charge in [-0.1, -0.05) is 20.3 Å². The monoisotopic (exact) mass is 307 g/mol. The Morgan fingerprint density at radius 2 is 1.77 bits per heavy atom. The number of fused-ring (bicyclic) bond motifs is 2. The zero-order valence-electron chi connectivity index (χ0n) is 14.4. The molecule has 3 atom stereocenters. The quantitative estimate of drug-likeness (QED) is 0.846. The van der Waals surface area contributed by atoms with E-state index in [0.29, 0.717) is 12.5 Å². The first-order chi connectivity index (χ1) is 10.6. The number of rotatable bonds is 5. The van der Waals surface area contributed by atoms with Crippen LogP contribution in [0.5, 0.6) is 0 Å². The molecule has 0 spiro atoms. The summed E-state index contributed by atoms with van der Waals surface area (Å²) in [5.41, 5.74) is 5.62. The zero-order chi connectivity index (χ0) is 15.7. The van der Waals surface area contributed by atoms with Crippen LogP contribution >= 0.6 is 0 Å². The van der Waals surface area contributed by atoms with E-state index in [1.165, 1.54) is 25.7 Å². The van der Waals surface area contributed by atoms with Crippen molar-refractivity contribution in [2.24, 2.45) is 23.0 Å². The number of carbonyl (C=O) groups excluding carboxylic acids is 1. The van der Waals surface area contributed by atoms with Crippen LogP contribution in [0, 0.1) is 17.3 Å². The van der Waals surface area contributed by atoms with Crippen molar-refractivity contribution in [2.45, 2.75) is 58.4 Å². The number of nitrogens with two attached hydrogens (primary N) is 1. The summed E-state index contributed by atoms with van der Waals surface area (Å²) in [5.74, 6) is 2.24. The molecule has 0 aromatic heterocycles. The Bertz CT molecular complexity index is 391. The average Bonchev–Trinajstić information content (AvgIpc) is 3.20. The molecule has 0 aromatic rings. The Labute approximate surface area is 135 Å². The lowest BCUT2D eigenvalue weighted by atomic mass is 9.80. The number of hydrogen-bond acceptors (Lipinski definition) is 3. The Morgan fingerprint density at radius 3 is 2.23 bits per heavy atom. The van der Waals surface area contributed by atoms with E-state index in [4.69, 9.17) is 5.73 Å². The molecule has 3 aliphatic rings. The molecule has 1 aliphatic heterocycles. The van der Waals surface area contributed by atoms with E-state index in [0.717, 1.165) is 56.9 Å². The molecule has 2 N–H and O–H groups in total. The minimum absolute atomic E-state index is 0.299. The second-order valence-corrected chi connectivity index (χ2v) is 7.76. The molecule has 1 amide bonds. The third kappa shape index (κ3) is 2.69. The number of carbonyl (C=O) groups is 1. The molecule has 3 unspecified atom stereocenters. The molecule has 0 radical (unpaired) electrons. The highest BCUT2D eigenvalue weighted by Crippen LogP contribution is 2.46. The van der Waals surface area contributed by atoms with Crippen LogP contribution in [-0.4, -0.2) is 54.5 Å². The number of hydrogen-bond donors (Lipinski definition) is 1. The van der Waals surface area contributed by atoms with Crippen molar-refractivity contribution >= 4 is 5.91 Å². The van der Waals surface area contributed by atoms with Gasteiger partial charge in [0.25, 0.3) is 0 Å². The molecule has 126 valence electrons. The first-order valence-corrected chi connectivity index (χ1v) is 9.37. The van der Waals surface area contributed by atoms with E-state index in [1.807, 2.05) is 0 Å². The highest BCUT2D eigenvalue weighted by Gasteiger charge is 2.44. The predicted octanol–water partition coefficient (Wildman–Crippen LogP) is 2.08. The van der Waals surface area contributed by atoms with Gasteiger partial charge in [0.05, 0.1) is 5.41 Å². The Balaban J connectivity index is 1.56. The van der Waals surface area contributed by atoms with Gasteiger partial charge in [-0.15, -0.1) is 0 Å². The van der Waals surface area contributed by atoms with Gasteiger partial charge in [-0.25, -0.2) is 0 Å². The molecule has 2 saturated carbocycles. The smallest absolute Gasteiger partial charge is 0.230 e. The lowest BCUT2D eigenvalue weighted by Crippen LogP contribution is -2.57. The van der Waals surface area contributed by atoms with E-state index in [9.17, 15) is 4.79 Å². The summed E-state index contributed by atoms with van der Waals surface area (Å²) < 4.78 is 0. The van der Waals surface area contributed by atoms with Crippen LogP contribution in [-0.2, 0) is 4.79 Å². The molecule has 22 heavy (non-hydrogen) atoms. The van der Waals surface area contributed by atoms with Crippen molar-refractivity contribution in [1.29, 1.82) is 0 Å². The zero-order valence-corrected chi connectivity index (χ0v) is 14.4. The largest absolute Gasteiger partial charge is 0.340 e. The fraction of sp³-hybridized carbons (Fsp3) is 0.944. The van der Waals surface area contributed by atoms with Crippen molar-refractivity contribution in [1.82, 2.24) is 9.80 Å². The Hall–Kier alpha value is -0.610. The fourth-order valence-corrected chi connectivity index (χ4v) is 5.18. The van der Waals surface area contributed by atoms with E-state index < -0.39 is 0 Å². The summed E-state index contributed by atoms with van der Waals surface area (Å²) >= 11 is 0. The molecule has 0 aromatic carbocycles. The van der Waals surface area contributed by atoms with E-state index >= 15 is 0 Å². The standard InChI is InChI=1S/C18H33N3O/c1-3-18(4-2,13-19)17(22)21-9-7-20(8-10-21)16-12-14-5-6-15(16)11-14/h14-16H,3-13,19H2,1-2H3. The number of amides is 1. The van der Waals surface area contributed by atoms with Crippen LogP contribution in [0.1, 0.15) is 52.4 Å². The maximum Gasteiger partial charge on any atom is 0.230 e.